The fourth-order valence-electron chi connectivity index (χ4n) is 1.99. The lowest BCUT2D eigenvalue weighted by molar-refractivity contribution is -0.130. The largest absolute Gasteiger partial charge is 0.485 e. The van der Waals surface area contributed by atoms with Gasteiger partial charge in [0.2, 0.25) is 6.10 Å². The maximum atomic E-state index is 12.1. The first-order valence-corrected chi connectivity index (χ1v) is 7.55. The van der Waals surface area contributed by atoms with Crippen molar-refractivity contribution in [2.24, 2.45) is 5.10 Å². The summed E-state index contributed by atoms with van der Waals surface area (Å²) in [5.74, 6) is 0.748. The fourth-order valence-corrected chi connectivity index (χ4v) is 2.45. The molecule has 0 saturated heterocycles. The minimum atomic E-state index is -0.761. The highest BCUT2D eigenvalue weighted by Gasteiger charge is 2.26. The van der Waals surface area contributed by atoms with Gasteiger partial charge in [-0.3, -0.25) is 4.79 Å². The quantitative estimate of drug-likeness (QED) is 0.682. The number of nitrogens with zero attached hydrogens (tertiary/aromatic N) is 1. The molecule has 118 valence electrons. The van der Waals surface area contributed by atoms with Crippen molar-refractivity contribution in [2.45, 2.75) is 6.10 Å². The van der Waals surface area contributed by atoms with E-state index in [0.29, 0.717) is 27.1 Å². The van der Waals surface area contributed by atoms with Crippen molar-refractivity contribution in [3.8, 4) is 11.5 Å². The second kappa shape index (κ2) is 6.89. The Kier molecular flexibility index (Phi) is 4.69. The van der Waals surface area contributed by atoms with Crippen molar-refractivity contribution in [1.82, 2.24) is 5.43 Å². The van der Waals surface area contributed by atoms with E-state index in [4.69, 9.17) is 32.7 Å². The molecule has 7 heteroatoms. The maximum absolute atomic E-state index is 12.1. The van der Waals surface area contributed by atoms with Crippen LogP contribution in [0.15, 0.2) is 47.6 Å². The van der Waals surface area contributed by atoms with Crippen LogP contribution in [-0.4, -0.2) is 24.8 Å². The summed E-state index contributed by atoms with van der Waals surface area (Å²) in [4.78, 5) is 12.1. The molecule has 23 heavy (non-hydrogen) atoms. The zero-order valence-corrected chi connectivity index (χ0v) is 13.3. The van der Waals surface area contributed by atoms with Gasteiger partial charge < -0.3 is 9.47 Å². The number of carbonyl (C=O) groups is 1. The Morgan fingerprint density at radius 3 is 2.78 bits per heavy atom. The first kappa shape index (κ1) is 15.6. The number of fused-ring (bicyclic) bond motifs is 1. The highest BCUT2D eigenvalue weighted by molar-refractivity contribution is 6.36. The first-order chi connectivity index (χ1) is 11.1. The lowest BCUT2D eigenvalue weighted by Crippen LogP contribution is -2.42. The average Bonchev–Trinajstić information content (AvgIpc) is 2.56. The molecular weight excluding hydrogens is 339 g/mol. The van der Waals surface area contributed by atoms with Gasteiger partial charge in [0.15, 0.2) is 11.5 Å². The second-order valence-corrected chi connectivity index (χ2v) is 5.61. The highest BCUT2D eigenvalue weighted by atomic mass is 35.5. The number of hydrazone groups is 1. The summed E-state index contributed by atoms with van der Waals surface area (Å²) >= 11 is 11.8. The zero-order valence-electron chi connectivity index (χ0n) is 11.8. The van der Waals surface area contributed by atoms with Crippen LogP contribution in [0, 0.1) is 0 Å². The van der Waals surface area contributed by atoms with Crippen molar-refractivity contribution < 1.29 is 14.3 Å². The van der Waals surface area contributed by atoms with E-state index in [2.05, 4.69) is 10.5 Å². The summed E-state index contributed by atoms with van der Waals surface area (Å²) in [5, 5.41) is 4.85. The molecule has 0 fully saturated rings. The molecule has 1 amide bonds. The van der Waals surface area contributed by atoms with Crippen LogP contribution >= 0.6 is 23.2 Å². The summed E-state index contributed by atoms with van der Waals surface area (Å²) < 4.78 is 11.1. The van der Waals surface area contributed by atoms with Gasteiger partial charge in [0.25, 0.3) is 5.91 Å². The number of nitrogens with one attached hydrogen (secondary N) is 1. The fraction of sp³-hybridized carbons (Fsp3) is 0.125. The van der Waals surface area contributed by atoms with Gasteiger partial charge in [-0.1, -0.05) is 41.4 Å². The van der Waals surface area contributed by atoms with E-state index in [-0.39, 0.29) is 6.61 Å². The molecule has 5 nitrogen and oxygen atoms in total. The third-order valence-electron chi connectivity index (χ3n) is 3.14. The van der Waals surface area contributed by atoms with Crippen LogP contribution in [0.3, 0.4) is 0 Å². The van der Waals surface area contributed by atoms with E-state index in [1.807, 2.05) is 12.1 Å². The lowest BCUT2D eigenvalue weighted by atomic mass is 10.2. The van der Waals surface area contributed by atoms with Gasteiger partial charge >= 0.3 is 0 Å². The number of hydrogen-bond donors (Lipinski definition) is 1. The molecule has 1 unspecified atom stereocenters. The van der Waals surface area contributed by atoms with Crippen LogP contribution in [0.5, 0.6) is 11.5 Å². The second-order valence-electron chi connectivity index (χ2n) is 4.76. The molecule has 1 N–H and O–H groups in total. The smallest absolute Gasteiger partial charge is 0.284 e. The van der Waals surface area contributed by atoms with Gasteiger partial charge in [0.05, 0.1) is 11.2 Å². The van der Waals surface area contributed by atoms with Crippen molar-refractivity contribution in [1.29, 1.82) is 0 Å². The molecule has 0 aromatic heterocycles. The number of carbonyl (C=O) groups excluding carboxylic acids is 1. The molecule has 0 aliphatic carbocycles. The Bertz CT molecular complexity index is 765. The molecule has 1 aliphatic rings. The van der Waals surface area contributed by atoms with E-state index >= 15 is 0 Å². The van der Waals surface area contributed by atoms with Gasteiger partial charge in [-0.15, -0.1) is 0 Å². The molecule has 0 radical (unpaired) electrons. The van der Waals surface area contributed by atoms with Crippen molar-refractivity contribution in [3.05, 3.63) is 58.1 Å². The van der Waals surface area contributed by atoms with E-state index in [1.165, 1.54) is 6.21 Å². The highest BCUT2D eigenvalue weighted by Crippen LogP contribution is 2.30. The molecule has 0 spiro atoms. The normalized spacial score (nSPS) is 16.3. The van der Waals surface area contributed by atoms with Crippen LogP contribution in [-0.2, 0) is 4.79 Å². The van der Waals surface area contributed by atoms with Crippen LogP contribution in [0.1, 0.15) is 5.56 Å². The third-order valence-corrected chi connectivity index (χ3v) is 3.70. The van der Waals surface area contributed by atoms with Crippen LogP contribution < -0.4 is 14.9 Å². The van der Waals surface area contributed by atoms with E-state index in [9.17, 15) is 4.79 Å². The zero-order chi connectivity index (χ0) is 16.2. The van der Waals surface area contributed by atoms with Gasteiger partial charge in [-0.05, 0) is 24.3 Å². The SMILES string of the molecule is O=C(NN=Cc1ccc(Cl)cc1Cl)C1COc2ccccc2O1. The van der Waals surface area contributed by atoms with Gasteiger partial charge in [0, 0.05) is 10.6 Å². The number of rotatable bonds is 3. The molecule has 3 rings (SSSR count). The van der Waals surface area contributed by atoms with Gasteiger partial charge in [-0.2, -0.15) is 5.10 Å². The summed E-state index contributed by atoms with van der Waals surface area (Å²) in [6.07, 6.45) is 0.677. The third kappa shape index (κ3) is 3.75. The van der Waals surface area contributed by atoms with Crippen molar-refractivity contribution in [3.63, 3.8) is 0 Å². The Labute approximate surface area is 142 Å². The van der Waals surface area contributed by atoms with E-state index in [0.717, 1.165) is 0 Å². The molecule has 2 aromatic rings. The maximum Gasteiger partial charge on any atom is 0.284 e. The topological polar surface area (TPSA) is 59.9 Å². The molecule has 1 atom stereocenters. The number of ether oxygens (including phenoxy) is 2. The Morgan fingerprint density at radius 2 is 2.00 bits per heavy atom. The Morgan fingerprint density at radius 1 is 1.22 bits per heavy atom. The van der Waals surface area contributed by atoms with E-state index in [1.54, 1.807) is 30.3 Å². The summed E-state index contributed by atoms with van der Waals surface area (Å²) in [7, 11) is 0. The number of amides is 1. The molecular formula is C16H12Cl2N2O3. The Balaban J connectivity index is 1.61. The summed E-state index contributed by atoms with van der Waals surface area (Å²) in [5.41, 5.74) is 3.05. The molecule has 2 aromatic carbocycles. The number of benzene rings is 2. The minimum absolute atomic E-state index is 0.125. The number of para-hydroxylation sites is 2. The predicted octanol–water partition coefficient (Wildman–Crippen LogP) is 3.28. The molecule has 1 heterocycles. The standard InChI is InChI=1S/C16H12Cl2N2O3/c17-11-6-5-10(12(18)7-11)8-19-20-16(21)15-9-22-13-3-1-2-4-14(13)23-15/h1-8,15H,9H2,(H,20,21). The monoisotopic (exact) mass is 350 g/mol. The van der Waals surface area contributed by atoms with Crippen LogP contribution in [0.2, 0.25) is 10.0 Å². The molecule has 1 aliphatic heterocycles. The predicted molar refractivity (Wildman–Crippen MR) is 88.6 cm³/mol. The van der Waals surface area contributed by atoms with E-state index < -0.39 is 12.0 Å². The number of halogens is 2. The van der Waals surface area contributed by atoms with Gasteiger partial charge in [0.1, 0.15) is 6.61 Å². The van der Waals surface area contributed by atoms with Crippen LogP contribution in [0.4, 0.5) is 0 Å². The lowest BCUT2D eigenvalue weighted by Gasteiger charge is -2.24. The molecule has 0 saturated carbocycles. The summed E-state index contributed by atoms with van der Waals surface area (Å²) in [6, 6.07) is 12.2. The Hall–Kier alpha value is -2.24. The van der Waals surface area contributed by atoms with Crippen molar-refractivity contribution >= 4 is 35.3 Å². The summed E-state index contributed by atoms with van der Waals surface area (Å²) in [6.45, 7) is 0.125. The number of hydrogen-bond acceptors (Lipinski definition) is 4. The average molecular weight is 351 g/mol. The van der Waals surface area contributed by atoms with Crippen molar-refractivity contribution in [2.75, 3.05) is 6.61 Å². The minimum Gasteiger partial charge on any atom is -0.485 e. The first-order valence-electron chi connectivity index (χ1n) is 6.80. The molecule has 0 bridgehead atoms. The van der Waals surface area contributed by atoms with Crippen LogP contribution in [0.25, 0.3) is 0 Å². The van der Waals surface area contributed by atoms with Gasteiger partial charge in [-0.25, -0.2) is 5.43 Å².